The highest BCUT2D eigenvalue weighted by Crippen LogP contribution is 2.40. The van der Waals surface area contributed by atoms with E-state index in [1.54, 1.807) is 30.3 Å². The fourth-order valence-corrected chi connectivity index (χ4v) is 2.98. The van der Waals surface area contributed by atoms with Crippen molar-refractivity contribution in [1.82, 2.24) is 4.90 Å². The Morgan fingerprint density at radius 1 is 0.933 bits per heavy atom. The molecule has 10 heteroatoms. The van der Waals surface area contributed by atoms with E-state index in [1.165, 1.54) is 13.8 Å². The van der Waals surface area contributed by atoms with E-state index in [0.717, 1.165) is 4.90 Å². The number of carbonyl (C=O) groups is 1. The Hall–Kier alpha value is -2.75. The second-order valence-corrected chi connectivity index (χ2v) is 7.25. The van der Waals surface area contributed by atoms with Gasteiger partial charge in [0.1, 0.15) is 6.10 Å². The Labute approximate surface area is 168 Å². The Morgan fingerprint density at radius 2 is 1.40 bits per heavy atom. The van der Waals surface area contributed by atoms with E-state index in [4.69, 9.17) is 0 Å². The lowest BCUT2D eigenvalue weighted by molar-refractivity contribution is -0.143. The molecule has 0 aliphatic carbocycles. The summed E-state index contributed by atoms with van der Waals surface area (Å²) in [6.45, 7) is 2.22. The molecule has 1 unspecified atom stereocenters. The van der Waals surface area contributed by atoms with Gasteiger partial charge in [0.15, 0.2) is 0 Å². The molecule has 2 rings (SSSR count). The minimum absolute atomic E-state index is 0.0534. The predicted molar refractivity (Wildman–Crippen MR) is 95.5 cm³/mol. The van der Waals surface area contributed by atoms with Gasteiger partial charge in [-0.05, 0) is 43.2 Å². The predicted octanol–water partition coefficient (Wildman–Crippen LogP) is 5.72. The summed E-state index contributed by atoms with van der Waals surface area (Å²) in [4.78, 5) is 12.6. The van der Waals surface area contributed by atoms with Gasteiger partial charge in [0.2, 0.25) is 0 Å². The zero-order valence-corrected chi connectivity index (χ0v) is 15.9. The second kappa shape index (κ2) is 8.17. The summed E-state index contributed by atoms with van der Waals surface area (Å²) < 4.78 is 78.7. The maximum absolute atomic E-state index is 13.1. The number of alkyl halides is 6. The van der Waals surface area contributed by atoms with E-state index in [0.29, 0.717) is 17.7 Å². The molecule has 0 aliphatic rings. The summed E-state index contributed by atoms with van der Waals surface area (Å²) in [5, 5.41) is 20.3. The highest BCUT2D eigenvalue weighted by molar-refractivity contribution is 5.66. The topological polar surface area (TPSA) is 60.8 Å². The molecule has 0 heterocycles. The normalized spacial score (nSPS) is 13.8. The average Bonchev–Trinajstić information content (AvgIpc) is 2.64. The molecule has 0 fully saturated rings. The molecule has 0 aliphatic heterocycles. The molecule has 0 radical (unpaired) electrons. The number of carboxylic acid groups (broad SMARTS) is 1. The summed E-state index contributed by atoms with van der Waals surface area (Å²) in [6.07, 6.45) is -13.6. The van der Waals surface area contributed by atoms with Gasteiger partial charge < -0.3 is 10.2 Å². The second-order valence-electron chi connectivity index (χ2n) is 7.25. The van der Waals surface area contributed by atoms with E-state index < -0.39 is 46.8 Å². The van der Waals surface area contributed by atoms with Crippen molar-refractivity contribution < 1.29 is 41.4 Å². The monoisotopic (exact) mass is 435 g/mol. The van der Waals surface area contributed by atoms with E-state index in [1.807, 2.05) is 0 Å². The van der Waals surface area contributed by atoms with Crippen molar-refractivity contribution in [1.29, 1.82) is 0 Å². The van der Waals surface area contributed by atoms with Crippen molar-refractivity contribution in [2.75, 3.05) is 0 Å². The summed E-state index contributed by atoms with van der Waals surface area (Å²) >= 11 is 0. The zero-order valence-electron chi connectivity index (χ0n) is 15.9. The number of nitrogens with zero attached hydrogens (tertiary/aromatic N) is 1. The van der Waals surface area contributed by atoms with Gasteiger partial charge in [-0.3, -0.25) is 4.90 Å². The van der Waals surface area contributed by atoms with Crippen LogP contribution in [-0.2, 0) is 18.9 Å². The van der Waals surface area contributed by atoms with Crippen molar-refractivity contribution in [2.45, 2.75) is 44.4 Å². The molecule has 2 aromatic carbocycles. The number of amides is 1. The van der Waals surface area contributed by atoms with Crippen LogP contribution in [-0.4, -0.2) is 26.7 Å². The quantitative estimate of drug-likeness (QED) is 0.591. The fourth-order valence-electron chi connectivity index (χ4n) is 2.98. The molecule has 164 valence electrons. The molecular formula is C20H19F6NO3. The van der Waals surface area contributed by atoms with Gasteiger partial charge in [0, 0.05) is 6.54 Å². The fraction of sp³-hybridized carbons (Fsp3) is 0.350. The number of rotatable bonds is 5. The summed E-state index contributed by atoms with van der Waals surface area (Å²) in [5.74, 6) is 0. The largest absolute Gasteiger partial charge is 0.465 e. The van der Waals surface area contributed by atoms with Crippen LogP contribution < -0.4 is 0 Å². The van der Waals surface area contributed by atoms with Crippen molar-refractivity contribution in [3.63, 3.8) is 0 Å². The van der Waals surface area contributed by atoms with E-state index in [-0.39, 0.29) is 12.6 Å². The van der Waals surface area contributed by atoms with Crippen LogP contribution >= 0.6 is 0 Å². The van der Waals surface area contributed by atoms with Crippen LogP contribution in [0, 0.1) is 0 Å². The van der Waals surface area contributed by atoms with Crippen LogP contribution in [0.3, 0.4) is 0 Å². The van der Waals surface area contributed by atoms with E-state index in [9.17, 15) is 41.4 Å². The molecular weight excluding hydrogens is 416 g/mol. The molecule has 0 spiro atoms. The molecule has 0 aromatic heterocycles. The van der Waals surface area contributed by atoms with Gasteiger partial charge in [0.05, 0.1) is 16.7 Å². The van der Waals surface area contributed by atoms with Gasteiger partial charge in [-0.1, -0.05) is 30.3 Å². The van der Waals surface area contributed by atoms with Crippen molar-refractivity contribution in [3.05, 3.63) is 70.8 Å². The number of halogens is 6. The van der Waals surface area contributed by atoms with Crippen LogP contribution in [0.1, 0.15) is 42.2 Å². The van der Waals surface area contributed by atoms with Crippen LogP contribution in [0.4, 0.5) is 31.1 Å². The highest BCUT2D eigenvalue weighted by Gasteiger charge is 2.42. The minimum Gasteiger partial charge on any atom is -0.465 e. The van der Waals surface area contributed by atoms with Gasteiger partial charge in [-0.15, -0.1) is 0 Å². The van der Waals surface area contributed by atoms with Gasteiger partial charge in [-0.25, -0.2) is 4.79 Å². The maximum Gasteiger partial charge on any atom is 0.416 e. The SMILES string of the molecule is CC(C)(C(O)c1cc(C(F)(F)F)cc(C(F)(F)F)c1)N(Cc1ccccc1)C(=O)O. The van der Waals surface area contributed by atoms with Gasteiger partial charge >= 0.3 is 18.4 Å². The minimum atomic E-state index is -5.09. The first kappa shape index (κ1) is 23.5. The maximum atomic E-state index is 13.1. The first-order chi connectivity index (χ1) is 13.6. The molecule has 0 saturated heterocycles. The molecule has 2 aromatic rings. The summed E-state index contributed by atoms with van der Waals surface area (Å²) in [5.41, 5.74) is -5.10. The van der Waals surface area contributed by atoms with Gasteiger partial charge in [0.25, 0.3) is 0 Å². The van der Waals surface area contributed by atoms with E-state index >= 15 is 0 Å². The molecule has 4 nitrogen and oxygen atoms in total. The molecule has 1 amide bonds. The standard InChI is InChI=1S/C20H19F6NO3/c1-18(2,27(17(29)30)11-12-6-4-3-5-7-12)16(28)13-8-14(19(21,22)23)10-15(9-13)20(24,25)26/h3-10,16,28H,11H2,1-2H3,(H,29,30). The van der Waals surface area contributed by atoms with Crippen LogP contribution in [0.2, 0.25) is 0 Å². The average molecular weight is 435 g/mol. The lowest BCUT2D eigenvalue weighted by Crippen LogP contribution is -2.50. The molecule has 30 heavy (non-hydrogen) atoms. The third kappa shape index (κ3) is 5.24. The third-order valence-corrected chi connectivity index (χ3v) is 4.70. The lowest BCUT2D eigenvalue weighted by atomic mass is 9.87. The molecule has 2 N–H and O–H groups in total. The molecule has 0 bridgehead atoms. The smallest absolute Gasteiger partial charge is 0.416 e. The van der Waals surface area contributed by atoms with E-state index in [2.05, 4.69) is 0 Å². The zero-order chi connectivity index (χ0) is 22.9. The first-order valence-corrected chi connectivity index (χ1v) is 8.66. The van der Waals surface area contributed by atoms with Crippen molar-refractivity contribution in [3.8, 4) is 0 Å². The Balaban J connectivity index is 2.52. The summed E-state index contributed by atoms with van der Waals surface area (Å²) in [7, 11) is 0. The third-order valence-electron chi connectivity index (χ3n) is 4.70. The lowest BCUT2D eigenvalue weighted by Gasteiger charge is -2.40. The van der Waals surface area contributed by atoms with Gasteiger partial charge in [-0.2, -0.15) is 26.3 Å². The number of aliphatic hydroxyl groups excluding tert-OH is 1. The molecule has 0 saturated carbocycles. The summed E-state index contributed by atoms with van der Waals surface area (Å²) in [6, 6.07) is 8.91. The number of aliphatic hydroxyl groups is 1. The Morgan fingerprint density at radius 3 is 1.80 bits per heavy atom. The number of benzene rings is 2. The van der Waals surface area contributed by atoms with Crippen LogP contribution in [0.5, 0.6) is 0 Å². The highest BCUT2D eigenvalue weighted by atomic mass is 19.4. The first-order valence-electron chi connectivity index (χ1n) is 8.66. The Kier molecular flexibility index (Phi) is 6.41. The number of hydrogen-bond acceptors (Lipinski definition) is 2. The Bertz CT molecular complexity index is 861. The molecule has 1 atom stereocenters. The number of hydrogen-bond donors (Lipinski definition) is 2. The van der Waals surface area contributed by atoms with Crippen molar-refractivity contribution in [2.24, 2.45) is 0 Å². The van der Waals surface area contributed by atoms with Crippen LogP contribution in [0.15, 0.2) is 48.5 Å². The van der Waals surface area contributed by atoms with Crippen LogP contribution in [0.25, 0.3) is 0 Å². The van der Waals surface area contributed by atoms with Crippen molar-refractivity contribution >= 4 is 6.09 Å².